The fourth-order valence-electron chi connectivity index (χ4n) is 5.07. The number of methoxy groups -OCH3 is 2. The van der Waals surface area contributed by atoms with Crippen LogP contribution >= 0.6 is 0 Å². The number of aliphatic hydroxyl groups excluding tert-OH is 1. The molecular weight excluding hydrogens is 534 g/mol. The third-order valence-electron chi connectivity index (χ3n) is 7.82. The highest BCUT2D eigenvalue weighted by atomic mass is 16.5. The number of ether oxygens (including phenoxy) is 3. The molecule has 3 aromatic rings. The Balaban J connectivity index is 1.57. The second kappa shape index (κ2) is 16.3. The molecule has 4 N–H and O–H groups in total. The maximum absolute atomic E-state index is 12.4. The van der Waals surface area contributed by atoms with Gasteiger partial charge in [-0.15, -0.1) is 0 Å². The van der Waals surface area contributed by atoms with Gasteiger partial charge in [0, 0.05) is 46.3 Å². The number of nitrogens with zero attached hydrogens (tertiary/aromatic N) is 1. The van der Waals surface area contributed by atoms with Crippen molar-refractivity contribution >= 4 is 11.4 Å². The molecule has 3 aromatic carbocycles. The van der Waals surface area contributed by atoms with Crippen molar-refractivity contribution in [3.05, 3.63) is 80.1 Å². The summed E-state index contributed by atoms with van der Waals surface area (Å²) in [6.07, 6.45) is 1.98. The summed E-state index contributed by atoms with van der Waals surface area (Å²) in [7, 11) is 5.09. The second-order valence-corrected chi connectivity index (χ2v) is 11.3. The monoisotopic (exact) mass is 581 g/mol. The Labute approximate surface area is 249 Å². The van der Waals surface area contributed by atoms with Crippen LogP contribution in [0.4, 0.5) is 11.4 Å². The summed E-state index contributed by atoms with van der Waals surface area (Å²) in [6.45, 7) is 6.12. The summed E-state index contributed by atoms with van der Waals surface area (Å²) in [5.41, 5.74) is 8.26. The molecule has 9 nitrogen and oxygen atoms in total. The topological polar surface area (TPSA) is 123 Å². The number of hydrogen-bond acceptors (Lipinski definition) is 9. The van der Waals surface area contributed by atoms with E-state index in [1.165, 1.54) is 0 Å². The number of nitrogens with one attached hydrogen (secondary N) is 1. The lowest BCUT2D eigenvalue weighted by molar-refractivity contribution is 0.137. The fourth-order valence-corrected chi connectivity index (χ4v) is 5.07. The lowest BCUT2D eigenvalue weighted by atomic mass is 9.83. The van der Waals surface area contributed by atoms with Gasteiger partial charge in [-0.05, 0) is 54.4 Å². The lowest BCUT2D eigenvalue weighted by Crippen LogP contribution is -2.45. The van der Waals surface area contributed by atoms with Crippen molar-refractivity contribution in [2.75, 3.05) is 57.8 Å². The van der Waals surface area contributed by atoms with Crippen LogP contribution in [0.2, 0.25) is 0 Å². The summed E-state index contributed by atoms with van der Waals surface area (Å²) in [5.74, 6) is 1.90. The van der Waals surface area contributed by atoms with E-state index in [-0.39, 0.29) is 18.2 Å². The van der Waals surface area contributed by atoms with E-state index in [2.05, 4.69) is 19.2 Å². The van der Waals surface area contributed by atoms with E-state index in [0.29, 0.717) is 49.3 Å². The van der Waals surface area contributed by atoms with Crippen LogP contribution in [-0.4, -0.2) is 64.8 Å². The van der Waals surface area contributed by atoms with Crippen LogP contribution in [0.5, 0.6) is 11.5 Å². The SMILES string of the molecule is COCCCOc1cc(C[C@@H](C[C@H](N)[C@@H](O)CNc2c(N(C)CCc3ccccc3)c(=O)c2=O)C(C)C)ccc1OC. The van der Waals surface area contributed by atoms with Gasteiger partial charge in [0.25, 0.3) is 10.9 Å². The van der Waals surface area contributed by atoms with E-state index in [9.17, 15) is 14.7 Å². The molecule has 42 heavy (non-hydrogen) atoms. The van der Waals surface area contributed by atoms with Gasteiger partial charge >= 0.3 is 0 Å². The van der Waals surface area contributed by atoms with E-state index in [1.807, 2.05) is 48.5 Å². The van der Waals surface area contributed by atoms with Crippen molar-refractivity contribution in [1.29, 1.82) is 0 Å². The largest absolute Gasteiger partial charge is 0.493 e. The summed E-state index contributed by atoms with van der Waals surface area (Å²) >= 11 is 0. The van der Waals surface area contributed by atoms with Gasteiger partial charge in [-0.2, -0.15) is 0 Å². The minimum atomic E-state index is -0.895. The third-order valence-corrected chi connectivity index (χ3v) is 7.82. The molecule has 0 aliphatic rings. The highest BCUT2D eigenvalue weighted by molar-refractivity contribution is 5.75. The van der Waals surface area contributed by atoms with Crippen molar-refractivity contribution in [1.82, 2.24) is 0 Å². The van der Waals surface area contributed by atoms with E-state index in [0.717, 1.165) is 30.4 Å². The number of rotatable bonds is 19. The van der Waals surface area contributed by atoms with E-state index in [1.54, 1.807) is 26.2 Å². The van der Waals surface area contributed by atoms with Gasteiger partial charge in [0.1, 0.15) is 11.4 Å². The number of hydrogen-bond donors (Lipinski definition) is 3. The first-order valence-corrected chi connectivity index (χ1v) is 14.7. The Morgan fingerprint density at radius 3 is 2.38 bits per heavy atom. The van der Waals surface area contributed by atoms with Gasteiger partial charge in [-0.25, -0.2) is 0 Å². The second-order valence-electron chi connectivity index (χ2n) is 11.3. The maximum Gasteiger partial charge on any atom is 0.253 e. The molecule has 0 aliphatic carbocycles. The highest BCUT2D eigenvalue weighted by Crippen LogP contribution is 2.31. The molecule has 0 heterocycles. The lowest BCUT2D eigenvalue weighted by Gasteiger charge is -2.28. The molecule has 0 bridgehead atoms. The zero-order valence-corrected chi connectivity index (χ0v) is 25.6. The summed E-state index contributed by atoms with van der Waals surface area (Å²) < 4.78 is 16.5. The number of aliphatic hydroxyl groups is 1. The Morgan fingerprint density at radius 2 is 1.71 bits per heavy atom. The minimum Gasteiger partial charge on any atom is -0.493 e. The van der Waals surface area contributed by atoms with Crippen LogP contribution in [0.15, 0.2) is 58.1 Å². The molecule has 0 amide bonds. The van der Waals surface area contributed by atoms with Gasteiger partial charge in [-0.3, -0.25) is 9.59 Å². The van der Waals surface area contributed by atoms with Crippen molar-refractivity contribution < 1.29 is 19.3 Å². The van der Waals surface area contributed by atoms with Gasteiger partial charge in [0.15, 0.2) is 11.5 Å². The standard InChI is InChI=1S/C33H47N3O6/c1-22(2)25(18-24-12-13-28(41-5)29(19-24)42-17-9-16-40-4)20-26(34)27(37)21-35-30-31(33(39)32(30)38)36(3)15-14-23-10-7-6-8-11-23/h6-8,10-13,19,22,25-27,35,37H,9,14-18,20-21,34H2,1-5H3/t25-,26-,27-/m0/s1. The van der Waals surface area contributed by atoms with Crippen LogP contribution in [0, 0.1) is 11.8 Å². The van der Waals surface area contributed by atoms with Gasteiger partial charge in [0.2, 0.25) is 0 Å². The van der Waals surface area contributed by atoms with E-state index in [4.69, 9.17) is 19.9 Å². The predicted molar refractivity (Wildman–Crippen MR) is 169 cm³/mol. The molecule has 9 heteroatoms. The Morgan fingerprint density at radius 1 is 0.976 bits per heavy atom. The number of benzene rings is 2. The van der Waals surface area contributed by atoms with E-state index < -0.39 is 23.0 Å². The maximum atomic E-state index is 12.4. The van der Waals surface area contributed by atoms with Crippen LogP contribution < -0.4 is 36.3 Å². The minimum absolute atomic E-state index is 0.0817. The Bertz CT molecular complexity index is 1310. The molecular formula is C33H47N3O6. The van der Waals surface area contributed by atoms with Crippen molar-refractivity contribution in [3.8, 4) is 11.5 Å². The fraction of sp³-hybridized carbons (Fsp3) is 0.515. The van der Waals surface area contributed by atoms with Crippen LogP contribution in [0.25, 0.3) is 0 Å². The molecule has 0 aromatic heterocycles. The smallest absolute Gasteiger partial charge is 0.253 e. The third kappa shape index (κ3) is 9.05. The molecule has 3 rings (SSSR count). The predicted octanol–water partition coefficient (Wildman–Crippen LogP) is 3.39. The Hall–Kier alpha value is -3.40. The first-order chi connectivity index (χ1) is 20.2. The molecule has 230 valence electrons. The molecule has 0 spiro atoms. The van der Waals surface area contributed by atoms with Gasteiger partial charge in [0.05, 0.1) is 19.8 Å². The summed E-state index contributed by atoms with van der Waals surface area (Å²) in [6, 6.07) is 15.4. The van der Waals surface area contributed by atoms with Crippen LogP contribution in [0.1, 0.15) is 37.8 Å². The summed E-state index contributed by atoms with van der Waals surface area (Å²) in [4.78, 5) is 26.5. The molecule has 0 saturated heterocycles. The van der Waals surface area contributed by atoms with Crippen molar-refractivity contribution in [2.45, 2.75) is 51.7 Å². The zero-order valence-electron chi connectivity index (χ0n) is 25.6. The molecule has 0 saturated carbocycles. The first-order valence-electron chi connectivity index (χ1n) is 14.7. The molecule has 3 atom stereocenters. The molecule has 0 radical (unpaired) electrons. The quantitative estimate of drug-likeness (QED) is 0.144. The van der Waals surface area contributed by atoms with Crippen molar-refractivity contribution in [2.24, 2.45) is 17.6 Å². The van der Waals surface area contributed by atoms with E-state index >= 15 is 0 Å². The number of anilines is 2. The average Bonchev–Trinajstić information content (AvgIpc) is 2.99. The van der Waals surface area contributed by atoms with Gasteiger partial charge in [-0.1, -0.05) is 50.2 Å². The molecule has 0 fully saturated rings. The van der Waals surface area contributed by atoms with Crippen molar-refractivity contribution in [3.63, 3.8) is 0 Å². The van der Waals surface area contributed by atoms with Crippen LogP contribution in [0.3, 0.4) is 0 Å². The zero-order chi connectivity index (χ0) is 30.6. The summed E-state index contributed by atoms with van der Waals surface area (Å²) in [5, 5.41) is 13.9. The van der Waals surface area contributed by atoms with Crippen LogP contribution in [-0.2, 0) is 17.6 Å². The molecule has 0 aliphatic heterocycles. The van der Waals surface area contributed by atoms with Gasteiger partial charge < -0.3 is 35.3 Å². The highest BCUT2D eigenvalue weighted by Gasteiger charge is 2.27. The first kappa shape index (κ1) is 33.1. The molecule has 0 unspecified atom stereocenters. The Kier molecular flexibility index (Phi) is 12.8. The number of nitrogens with two attached hydrogens (primary N) is 1. The normalized spacial score (nSPS) is 13.6. The number of likely N-dealkylation sites (N-methyl/N-ethyl adjacent to an activating group) is 1. The average molecular weight is 582 g/mol.